The van der Waals surface area contributed by atoms with Gasteiger partial charge in [0.2, 0.25) is 0 Å². The highest BCUT2D eigenvalue weighted by Crippen LogP contribution is 2.74. The van der Waals surface area contributed by atoms with Crippen molar-refractivity contribution in [3.05, 3.63) is 11.1 Å². The summed E-state index contributed by atoms with van der Waals surface area (Å²) in [6.07, 6.45) is 17.4. The van der Waals surface area contributed by atoms with E-state index < -0.39 is 0 Å². The molecule has 0 aromatic heterocycles. The molecule has 0 heterocycles. The van der Waals surface area contributed by atoms with E-state index in [1.807, 2.05) is 11.1 Å². The summed E-state index contributed by atoms with van der Waals surface area (Å²) < 4.78 is 0. The van der Waals surface area contributed by atoms with E-state index in [0.29, 0.717) is 21.7 Å². The number of rotatable bonds is 5. The lowest BCUT2D eigenvalue weighted by Crippen LogP contribution is -2.60. The molecule has 3 fully saturated rings. The smallest absolute Gasteiger partial charge is 0.00539 e. The summed E-state index contributed by atoms with van der Waals surface area (Å²) in [6.45, 7) is 20.7. The fourth-order valence-corrected chi connectivity index (χ4v) is 9.90. The fraction of sp³-hybridized carbons (Fsp3) is 0.933. The Labute approximate surface area is 189 Å². The average molecular weight is 413 g/mol. The lowest BCUT2D eigenvalue weighted by Gasteiger charge is -2.68. The van der Waals surface area contributed by atoms with Gasteiger partial charge in [0.25, 0.3) is 0 Å². The zero-order valence-corrected chi connectivity index (χ0v) is 21.8. The first-order chi connectivity index (χ1) is 14.0. The Morgan fingerprint density at radius 2 is 1.53 bits per heavy atom. The standard InChI is InChI=1S/C30H52/c1-21(2)11-9-12-22(3)23-15-19-29(7)24(23)13-14-26-28(6)18-10-17-27(4,5)25(28)16-20-30(26,29)8/h21-22,25-26H,9-20H2,1-8H3/t22-,25?,26+,28-,29+,30+/m0/s1. The molecule has 0 nitrogen and oxygen atoms in total. The van der Waals surface area contributed by atoms with Crippen LogP contribution in [0, 0.1) is 45.3 Å². The average Bonchev–Trinajstić information content (AvgIpc) is 2.99. The molecule has 0 bridgehead atoms. The van der Waals surface area contributed by atoms with E-state index in [-0.39, 0.29) is 0 Å². The Balaban J connectivity index is 1.62. The van der Waals surface area contributed by atoms with Crippen LogP contribution in [0.4, 0.5) is 0 Å². The van der Waals surface area contributed by atoms with Crippen molar-refractivity contribution in [1.29, 1.82) is 0 Å². The van der Waals surface area contributed by atoms with Crippen molar-refractivity contribution >= 4 is 0 Å². The summed E-state index contributed by atoms with van der Waals surface area (Å²) >= 11 is 0. The van der Waals surface area contributed by atoms with Crippen LogP contribution in [0.2, 0.25) is 0 Å². The summed E-state index contributed by atoms with van der Waals surface area (Å²) in [7, 11) is 0. The molecular formula is C30H52. The fourth-order valence-electron chi connectivity index (χ4n) is 9.90. The molecule has 0 aliphatic heterocycles. The summed E-state index contributed by atoms with van der Waals surface area (Å²) in [5.74, 6) is 3.56. The second kappa shape index (κ2) is 7.66. The van der Waals surface area contributed by atoms with E-state index in [1.165, 1.54) is 77.0 Å². The van der Waals surface area contributed by atoms with Gasteiger partial charge in [0.05, 0.1) is 0 Å². The maximum absolute atomic E-state index is 2.76. The highest BCUT2D eigenvalue weighted by Gasteiger charge is 2.65. The predicted molar refractivity (Wildman–Crippen MR) is 132 cm³/mol. The second-order valence-electron chi connectivity index (χ2n) is 14.0. The Bertz CT molecular complexity index is 680. The van der Waals surface area contributed by atoms with Gasteiger partial charge in [0.15, 0.2) is 0 Å². The van der Waals surface area contributed by atoms with E-state index in [9.17, 15) is 0 Å². The van der Waals surface area contributed by atoms with E-state index in [2.05, 4.69) is 55.4 Å². The molecule has 6 atom stereocenters. The zero-order chi connectivity index (χ0) is 21.9. The van der Waals surface area contributed by atoms with Gasteiger partial charge in [-0.1, -0.05) is 85.8 Å². The number of hydrogen-bond donors (Lipinski definition) is 0. The van der Waals surface area contributed by atoms with Gasteiger partial charge in [-0.3, -0.25) is 0 Å². The Morgan fingerprint density at radius 3 is 2.23 bits per heavy atom. The van der Waals surface area contributed by atoms with Gasteiger partial charge in [0, 0.05) is 0 Å². The molecule has 4 rings (SSSR count). The van der Waals surface area contributed by atoms with Crippen LogP contribution < -0.4 is 0 Å². The largest absolute Gasteiger partial charge is 0.0676 e. The van der Waals surface area contributed by atoms with Crippen molar-refractivity contribution in [3.63, 3.8) is 0 Å². The maximum Gasteiger partial charge on any atom is -0.00539 e. The molecular weight excluding hydrogens is 360 g/mol. The molecule has 4 aliphatic carbocycles. The van der Waals surface area contributed by atoms with Crippen LogP contribution in [0.25, 0.3) is 0 Å². The van der Waals surface area contributed by atoms with E-state index in [0.717, 1.165) is 23.7 Å². The first-order valence-electron chi connectivity index (χ1n) is 13.7. The van der Waals surface area contributed by atoms with Gasteiger partial charge in [-0.05, 0) is 103 Å². The van der Waals surface area contributed by atoms with Crippen molar-refractivity contribution in [2.45, 2.75) is 132 Å². The van der Waals surface area contributed by atoms with Gasteiger partial charge < -0.3 is 0 Å². The normalized spacial score (nSPS) is 43.9. The minimum Gasteiger partial charge on any atom is -0.0676 e. The van der Waals surface area contributed by atoms with Crippen LogP contribution in [0.5, 0.6) is 0 Å². The maximum atomic E-state index is 2.76. The first kappa shape index (κ1) is 22.9. The van der Waals surface area contributed by atoms with Crippen molar-refractivity contribution in [2.75, 3.05) is 0 Å². The first-order valence-corrected chi connectivity index (χ1v) is 13.7. The van der Waals surface area contributed by atoms with Gasteiger partial charge >= 0.3 is 0 Å². The van der Waals surface area contributed by atoms with Crippen molar-refractivity contribution in [2.24, 2.45) is 45.3 Å². The van der Waals surface area contributed by atoms with Crippen LogP contribution >= 0.6 is 0 Å². The van der Waals surface area contributed by atoms with E-state index in [4.69, 9.17) is 0 Å². The zero-order valence-electron chi connectivity index (χ0n) is 21.8. The molecule has 1 unspecified atom stereocenters. The molecule has 0 saturated heterocycles. The quantitative estimate of drug-likeness (QED) is 0.394. The SMILES string of the molecule is CC(C)CCC[C@H](C)C1=C2CC[C@@H]3[C@@]4(C)CCCC(C)(C)C4CC[C@@]3(C)[C@]2(C)CC1. The molecule has 30 heavy (non-hydrogen) atoms. The van der Waals surface area contributed by atoms with E-state index in [1.54, 1.807) is 0 Å². The van der Waals surface area contributed by atoms with E-state index >= 15 is 0 Å². The second-order valence-corrected chi connectivity index (χ2v) is 14.0. The molecule has 0 heteroatoms. The van der Waals surface area contributed by atoms with Crippen LogP contribution in [-0.2, 0) is 0 Å². The minimum atomic E-state index is 0.479. The summed E-state index contributed by atoms with van der Waals surface area (Å²) in [4.78, 5) is 0. The molecule has 0 spiro atoms. The van der Waals surface area contributed by atoms with Gasteiger partial charge in [-0.2, -0.15) is 0 Å². The van der Waals surface area contributed by atoms with Gasteiger partial charge in [-0.25, -0.2) is 0 Å². The molecule has 0 aromatic rings. The van der Waals surface area contributed by atoms with Crippen LogP contribution in [-0.4, -0.2) is 0 Å². The molecule has 0 radical (unpaired) electrons. The molecule has 0 N–H and O–H groups in total. The van der Waals surface area contributed by atoms with Crippen molar-refractivity contribution in [3.8, 4) is 0 Å². The topological polar surface area (TPSA) is 0 Å². The van der Waals surface area contributed by atoms with Gasteiger partial charge in [0.1, 0.15) is 0 Å². The van der Waals surface area contributed by atoms with Crippen molar-refractivity contribution < 1.29 is 0 Å². The van der Waals surface area contributed by atoms with Crippen LogP contribution in [0.15, 0.2) is 11.1 Å². The number of fused-ring (bicyclic) bond motifs is 5. The Morgan fingerprint density at radius 1 is 0.800 bits per heavy atom. The molecule has 172 valence electrons. The lowest BCUT2D eigenvalue weighted by atomic mass is 9.36. The molecule has 0 aromatic carbocycles. The number of hydrogen-bond acceptors (Lipinski definition) is 0. The monoisotopic (exact) mass is 412 g/mol. The molecule has 0 amide bonds. The van der Waals surface area contributed by atoms with Crippen LogP contribution in [0.1, 0.15) is 132 Å². The van der Waals surface area contributed by atoms with Gasteiger partial charge in [-0.15, -0.1) is 0 Å². The predicted octanol–water partition coefficient (Wildman–Crippen LogP) is 9.59. The van der Waals surface area contributed by atoms with Crippen molar-refractivity contribution in [1.82, 2.24) is 0 Å². The number of allylic oxidation sites excluding steroid dienone is 2. The summed E-state index contributed by atoms with van der Waals surface area (Å²) in [6, 6.07) is 0. The third-order valence-electron chi connectivity index (χ3n) is 11.7. The Hall–Kier alpha value is -0.260. The summed E-state index contributed by atoms with van der Waals surface area (Å²) in [5, 5.41) is 0. The highest BCUT2D eigenvalue weighted by molar-refractivity contribution is 5.35. The van der Waals surface area contributed by atoms with Crippen LogP contribution in [0.3, 0.4) is 0 Å². The third-order valence-corrected chi connectivity index (χ3v) is 11.7. The lowest BCUT2D eigenvalue weighted by molar-refractivity contribution is -0.173. The third kappa shape index (κ3) is 3.28. The summed E-state index contributed by atoms with van der Waals surface area (Å²) in [5.41, 5.74) is 6.00. The minimum absolute atomic E-state index is 0.479. The molecule has 3 saturated carbocycles. The Kier molecular flexibility index (Phi) is 5.85. The molecule has 4 aliphatic rings. The highest BCUT2D eigenvalue weighted by atomic mass is 14.7.